The van der Waals surface area contributed by atoms with Crippen LogP contribution in [0.25, 0.3) is 0 Å². The van der Waals surface area contributed by atoms with Gasteiger partial charge in [-0.3, -0.25) is 19.2 Å². The van der Waals surface area contributed by atoms with Crippen molar-refractivity contribution in [3.63, 3.8) is 0 Å². The Morgan fingerprint density at radius 1 is 1.03 bits per heavy atom. The highest BCUT2D eigenvalue weighted by atomic mass is 16.6. The summed E-state index contributed by atoms with van der Waals surface area (Å²) in [5.74, 6) is -2.45. The van der Waals surface area contributed by atoms with E-state index in [0.717, 1.165) is 12.8 Å². The molecule has 2 aliphatic carbocycles. The van der Waals surface area contributed by atoms with Gasteiger partial charge in [-0.15, -0.1) is 0 Å². The molecule has 10 heteroatoms. The van der Waals surface area contributed by atoms with Crippen LogP contribution in [0.15, 0.2) is 0 Å². The number of carbonyl (C=O) groups is 5. The maximum atomic E-state index is 13.8. The van der Waals surface area contributed by atoms with Crippen LogP contribution in [0, 0.1) is 28.6 Å². The number of fused-ring (bicyclic) bond motifs is 1. The number of hydrogen-bond acceptors (Lipinski definition) is 6. The van der Waals surface area contributed by atoms with Crippen LogP contribution in [0.4, 0.5) is 4.79 Å². The zero-order valence-electron chi connectivity index (χ0n) is 22.8. The molecular formula is C26H42N4O6. The van der Waals surface area contributed by atoms with Gasteiger partial charge in [0, 0.05) is 6.54 Å². The standard InChI is InChI=1S/C26H42N4O6/c1-24(2,3)19(29-23(35)36-25(4,5)6)22(34)30-12-14-16(26(14,7)8)17(30)21(33)28-15(11-13-9-10-13)18(31)20(27)32/h13-17,19H,9-12H2,1-8H3,(H2,27,32)(H,28,33)(H,29,35)/t14?,15?,16-,17-,19+/m0/s1. The van der Waals surface area contributed by atoms with Crippen molar-refractivity contribution in [2.75, 3.05) is 6.54 Å². The maximum Gasteiger partial charge on any atom is 0.408 e. The number of nitrogens with one attached hydrogen (secondary N) is 2. The SMILES string of the molecule is CC(C)(C)OC(=O)N[C@H](C(=O)N1CC2[C@@H]([C@H]1C(=O)NC(CC1CC1)C(=O)C(N)=O)C2(C)C)C(C)(C)C. The smallest absolute Gasteiger partial charge is 0.408 e. The van der Waals surface area contributed by atoms with Crippen molar-refractivity contribution >= 4 is 29.6 Å². The van der Waals surface area contributed by atoms with Gasteiger partial charge in [-0.05, 0) is 55.8 Å². The van der Waals surface area contributed by atoms with Gasteiger partial charge in [0.05, 0.1) is 6.04 Å². The number of hydrogen-bond donors (Lipinski definition) is 3. The highest BCUT2D eigenvalue weighted by Gasteiger charge is 2.70. The van der Waals surface area contributed by atoms with Crippen LogP contribution in [0.2, 0.25) is 0 Å². The van der Waals surface area contributed by atoms with Crippen LogP contribution in [0.5, 0.6) is 0 Å². The Morgan fingerprint density at radius 3 is 2.08 bits per heavy atom. The molecule has 0 radical (unpaired) electrons. The fraction of sp³-hybridized carbons (Fsp3) is 0.808. The van der Waals surface area contributed by atoms with Gasteiger partial charge in [-0.2, -0.15) is 0 Å². The van der Waals surface area contributed by atoms with Crippen molar-refractivity contribution in [2.45, 2.75) is 98.4 Å². The van der Waals surface area contributed by atoms with E-state index in [0.29, 0.717) is 13.0 Å². The van der Waals surface area contributed by atoms with E-state index >= 15 is 0 Å². The van der Waals surface area contributed by atoms with Gasteiger partial charge in [0.25, 0.3) is 5.91 Å². The average molecular weight is 507 g/mol. The molecule has 10 nitrogen and oxygen atoms in total. The minimum Gasteiger partial charge on any atom is -0.444 e. The van der Waals surface area contributed by atoms with Crippen molar-refractivity contribution < 1.29 is 28.7 Å². The molecule has 0 spiro atoms. The Balaban J connectivity index is 1.83. The number of primary amides is 1. The molecule has 0 aromatic carbocycles. The highest BCUT2D eigenvalue weighted by molar-refractivity contribution is 6.37. The third-order valence-electron chi connectivity index (χ3n) is 7.68. The number of Topliss-reactive ketones (excluding diaryl/α,β-unsaturated/α-hetero) is 1. The molecule has 3 rings (SSSR count). The van der Waals surface area contributed by atoms with Gasteiger partial charge >= 0.3 is 6.09 Å². The van der Waals surface area contributed by atoms with E-state index in [1.807, 2.05) is 20.8 Å². The predicted octanol–water partition coefficient (Wildman–Crippen LogP) is 1.75. The number of piperidine rings is 1. The zero-order valence-corrected chi connectivity index (χ0v) is 22.8. The first kappa shape index (κ1) is 27.9. The zero-order chi connectivity index (χ0) is 27.4. The second kappa shape index (κ2) is 9.34. The summed E-state index contributed by atoms with van der Waals surface area (Å²) in [7, 11) is 0. The number of carbonyl (C=O) groups excluding carboxylic acids is 5. The number of alkyl carbamates (subject to hydrolysis) is 1. The van der Waals surface area contributed by atoms with Gasteiger partial charge in [-0.1, -0.05) is 47.5 Å². The van der Waals surface area contributed by atoms with E-state index in [1.165, 1.54) is 4.90 Å². The molecule has 3 aliphatic rings. The number of amides is 4. The number of ketones is 1. The summed E-state index contributed by atoms with van der Waals surface area (Å²) < 4.78 is 5.38. The van der Waals surface area contributed by atoms with E-state index in [-0.39, 0.29) is 29.1 Å². The number of ether oxygens (including phenoxy) is 1. The second-order valence-electron chi connectivity index (χ2n) is 13.3. The lowest BCUT2D eigenvalue weighted by Crippen LogP contribution is -2.60. The molecule has 0 aromatic heterocycles. The maximum absolute atomic E-state index is 13.8. The quantitative estimate of drug-likeness (QED) is 0.427. The summed E-state index contributed by atoms with van der Waals surface area (Å²) >= 11 is 0. The molecule has 36 heavy (non-hydrogen) atoms. The van der Waals surface area contributed by atoms with Gasteiger partial charge in [-0.25, -0.2) is 4.79 Å². The molecule has 5 atom stereocenters. The summed E-state index contributed by atoms with van der Waals surface area (Å²) in [4.78, 5) is 65.5. The molecule has 0 bridgehead atoms. The molecule has 2 unspecified atom stereocenters. The number of likely N-dealkylation sites (tertiary alicyclic amines) is 1. The molecular weight excluding hydrogens is 464 g/mol. The molecule has 2 saturated carbocycles. The summed E-state index contributed by atoms with van der Waals surface area (Å²) in [5.41, 5.74) is 3.70. The van der Waals surface area contributed by atoms with Gasteiger partial charge < -0.3 is 26.0 Å². The van der Waals surface area contributed by atoms with Crippen molar-refractivity contribution in [3.8, 4) is 0 Å². The van der Waals surface area contributed by atoms with Crippen LogP contribution < -0.4 is 16.4 Å². The lowest BCUT2D eigenvalue weighted by atomic mass is 9.85. The van der Waals surface area contributed by atoms with Crippen LogP contribution in [0.1, 0.15) is 74.7 Å². The third kappa shape index (κ3) is 6.00. The second-order valence-corrected chi connectivity index (χ2v) is 13.3. The number of nitrogens with two attached hydrogens (primary N) is 1. The molecule has 4 N–H and O–H groups in total. The first-order valence-corrected chi connectivity index (χ1v) is 12.8. The Bertz CT molecular complexity index is 943. The summed E-state index contributed by atoms with van der Waals surface area (Å²) in [6.45, 7) is 15.2. The summed E-state index contributed by atoms with van der Waals surface area (Å²) in [6.07, 6.45) is 1.52. The van der Waals surface area contributed by atoms with Crippen molar-refractivity contribution in [3.05, 3.63) is 0 Å². The predicted molar refractivity (Wildman–Crippen MR) is 132 cm³/mol. The normalized spacial score (nSPS) is 26.3. The van der Waals surface area contributed by atoms with Crippen LogP contribution in [-0.4, -0.2) is 64.8 Å². The van der Waals surface area contributed by atoms with E-state index in [9.17, 15) is 24.0 Å². The first-order chi connectivity index (χ1) is 16.3. The van der Waals surface area contributed by atoms with E-state index in [1.54, 1.807) is 20.8 Å². The Labute approximate surface area is 213 Å². The third-order valence-corrected chi connectivity index (χ3v) is 7.68. The first-order valence-electron chi connectivity index (χ1n) is 12.8. The minimum atomic E-state index is -1.08. The van der Waals surface area contributed by atoms with Gasteiger partial charge in [0.2, 0.25) is 17.6 Å². The fourth-order valence-corrected chi connectivity index (χ4v) is 5.40. The minimum absolute atomic E-state index is 0.0890. The van der Waals surface area contributed by atoms with Gasteiger partial charge in [0.15, 0.2) is 0 Å². The topological polar surface area (TPSA) is 148 Å². The molecule has 1 heterocycles. The van der Waals surface area contributed by atoms with Crippen LogP contribution >= 0.6 is 0 Å². The fourth-order valence-electron chi connectivity index (χ4n) is 5.40. The van der Waals surface area contributed by atoms with Crippen LogP contribution in [-0.2, 0) is 23.9 Å². The average Bonchev–Trinajstić information content (AvgIpc) is 3.55. The van der Waals surface area contributed by atoms with E-state index in [4.69, 9.17) is 10.5 Å². The lowest BCUT2D eigenvalue weighted by molar-refractivity contribution is -0.145. The van der Waals surface area contributed by atoms with Gasteiger partial charge in [0.1, 0.15) is 17.7 Å². The number of nitrogens with zero attached hydrogens (tertiary/aromatic N) is 1. The Morgan fingerprint density at radius 2 is 1.61 bits per heavy atom. The monoisotopic (exact) mass is 506 g/mol. The largest absolute Gasteiger partial charge is 0.444 e. The van der Waals surface area contributed by atoms with Crippen molar-refractivity contribution in [2.24, 2.45) is 34.3 Å². The lowest BCUT2D eigenvalue weighted by Gasteiger charge is -2.38. The Kier molecular flexibility index (Phi) is 7.24. The van der Waals surface area contributed by atoms with Crippen LogP contribution in [0.3, 0.4) is 0 Å². The summed E-state index contributed by atoms with van der Waals surface area (Å²) in [5, 5.41) is 5.45. The van der Waals surface area contributed by atoms with E-state index in [2.05, 4.69) is 24.5 Å². The molecule has 3 fully saturated rings. The van der Waals surface area contributed by atoms with Crippen molar-refractivity contribution in [1.82, 2.24) is 15.5 Å². The molecule has 1 saturated heterocycles. The number of rotatable bonds is 8. The highest BCUT2D eigenvalue weighted by Crippen LogP contribution is 2.65. The van der Waals surface area contributed by atoms with Crippen molar-refractivity contribution in [1.29, 1.82) is 0 Å². The molecule has 4 amide bonds. The Hall–Kier alpha value is -2.65. The van der Waals surface area contributed by atoms with E-state index < -0.39 is 52.8 Å². The molecule has 1 aliphatic heterocycles. The summed E-state index contributed by atoms with van der Waals surface area (Å²) in [6, 6.07) is -2.75. The molecule has 0 aromatic rings. The molecule has 202 valence electrons.